The molecule has 7 heteroatoms. The Labute approximate surface area is 127 Å². The first-order chi connectivity index (χ1) is 9.38. The van der Waals surface area contributed by atoms with Crippen molar-refractivity contribution in [2.24, 2.45) is 0 Å². The maximum Gasteiger partial charge on any atom is 0.355 e. The molecule has 0 aliphatic carbocycles. The molecule has 1 amide bonds. The van der Waals surface area contributed by atoms with Crippen molar-refractivity contribution in [3.8, 4) is 0 Å². The fraction of sp³-hybridized carbons (Fsp3) is 0.154. The quantitative estimate of drug-likeness (QED) is 0.884. The zero-order chi connectivity index (χ0) is 14.9. The molecule has 2 N–H and O–H groups in total. The SMILES string of the molecule is Cc1cc(NC(=O)c2nc(C(=O)O)cs2)cc(C)c1Br. The lowest BCUT2D eigenvalue weighted by molar-refractivity contribution is 0.0691. The van der Waals surface area contributed by atoms with Crippen LogP contribution in [0.3, 0.4) is 0 Å². The minimum Gasteiger partial charge on any atom is -0.476 e. The van der Waals surface area contributed by atoms with Crippen molar-refractivity contribution in [2.45, 2.75) is 13.8 Å². The molecule has 1 heterocycles. The van der Waals surface area contributed by atoms with Crippen molar-refractivity contribution >= 4 is 44.8 Å². The largest absolute Gasteiger partial charge is 0.476 e. The molecule has 20 heavy (non-hydrogen) atoms. The van der Waals surface area contributed by atoms with Crippen LogP contribution in [0.4, 0.5) is 5.69 Å². The summed E-state index contributed by atoms with van der Waals surface area (Å²) in [5, 5.41) is 13.0. The van der Waals surface area contributed by atoms with Gasteiger partial charge in [0.25, 0.3) is 5.91 Å². The van der Waals surface area contributed by atoms with E-state index in [-0.39, 0.29) is 10.7 Å². The molecule has 1 aromatic carbocycles. The van der Waals surface area contributed by atoms with Gasteiger partial charge in [0.05, 0.1) is 0 Å². The van der Waals surface area contributed by atoms with Crippen LogP contribution in [0.5, 0.6) is 0 Å². The van der Waals surface area contributed by atoms with Crippen molar-refractivity contribution < 1.29 is 14.7 Å². The van der Waals surface area contributed by atoms with Gasteiger partial charge in [-0.05, 0) is 37.1 Å². The Bertz CT molecular complexity index is 674. The maximum atomic E-state index is 12.0. The molecular formula is C13H11BrN2O3S. The van der Waals surface area contributed by atoms with Gasteiger partial charge in [-0.2, -0.15) is 0 Å². The summed E-state index contributed by atoms with van der Waals surface area (Å²) in [5.74, 6) is -1.56. The van der Waals surface area contributed by atoms with E-state index < -0.39 is 11.9 Å². The number of hydrogen-bond acceptors (Lipinski definition) is 4. The van der Waals surface area contributed by atoms with Gasteiger partial charge in [0.15, 0.2) is 10.7 Å². The number of amides is 1. The van der Waals surface area contributed by atoms with Crippen molar-refractivity contribution in [1.82, 2.24) is 4.98 Å². The minimum atomic E-state index is -1.14. The molecule has 0 fully saturated rings. The molecule has 0 aliphatic heterocycles. The summed E-state index contributed by atoms with van der Waals surface area (Å²) in [6.07, 6.45) is 0. The van der Waals surface area contributed by atoms with Crippen molar-refractivity contribution in [1.29, 1.82) is 0 Å². The third kappa shape index (κ3) is 3.05. The summed E-state index contributed by atoms with van der Waals surface area (Å²) in [4.78, 5) is 26.5. The molecule has 2 aromatic rings. The number of thiazole rings is 1. The number of anilines is 1. The van der Waals surface area contributed by atoms with E-state index in [1.54, 1.807) is 0 Å². The molecule has 0 saturated carbocycles. The van der Waals surface area contributed by atoms with E-state index in [2.05, 4.69) is 26.2 Å². The number of carboxylic acid groups (broad SMARTS) is 1. The lowest BCUT2D eigenvalue weighted by Gasteiger charge is -2.08. The molecule has 0 atom stereocenters. The number of aryl methyl sites for hydroxylation is 2. The van der Waals surface area contributed by atoms with Crippen LogP contribution in [0.25, 0.3) is 0 Å². The number of rotatable bonds is 3. The van der Waals surface area contributed by atoms with E-state index >= 15 is 0 Å². The summed E-state index contributed by atoms with van der Waals surface area (Å²) in [6, 6.07) is 3.67. The highest BCUT2D eigenvalue weighted by Gasteiger charge is 2.15. The number of carbonyl (C=O) groups excluding carboxylic acids is 1. The topological polar surface area (TPSA) is 79.3 Å². The first-order valence-corrected chi connectivity index (χ1v) is 7.32. The van der Waals surface area contributed by atoms with Crippen LogP contribution in [0, 0.1) is 13.8 Å². The molecular weight excluding hydrogens is 344 g/mol. The molecule has 104 valence electrons. The van der Waals surface area contributed by atoms with Crippen LogP contribution in [0.1, 0.15) is 31.4 Å². The third-order valence-corrected chi connectivity index (χ3v) is 4.70. The predicted octanol–water partition coefficient (Wildman–Crippen LogP) is 3.47. The number of aromatic nitrogens is 1. The van der Waals surface area contributed by atoms with E-state index in [1.165, 1.54) is 5.38 Å². The van der Waals surface area contributed by atoms with Gasteiger partial charge < -0.3 is 10.4 Å². The average Bonchev–Trinajstić information content (AvgIpc) is 2.85. The third-order valence-electron chi connectivity index (χ3n) is 2.61. The average molecular weight is 355 g/mol. The molecule has 1 aromatic heterocycles. The van der Waals surface area contributed by atoms with Gasteiger partial charge in [-0.3, -0.25) is 4.79 Å². The lowest BCUT2D eigenvalue weighted by Crippen LogP contribution is -2.12. The van der Waals surface area contributed by atoms with Gasteiger partial charge in [0.1, 0.15) is 0 Å². The second-order valence-electron chi connectivity index (χ2n) is 4.22. The first-order valence-electron chi connectivity index (χ1n) is 5.65. The van der Waals surface area contributed by atoms with E-state index in [0.29, 0.717) is 5.69 Å². The first kappa shape index (κ1) is 14.7. The van der Waals surface area contributed by atoms with Crippen LogP contribution in [-0.4, -0.2) is 22.0 Å². The van der Waals surface area contributed by atoms with Crippen molar-refractivity contribution in [2.75, 3.05) is 5.32 Å². The number of halogens is 1. The summed E-state index contributed by atoms with van der Waals surface area (Å²) >= 11 is 4.46. The predicted molar refractivity (Wildman–Crippen MR) is 80.6 cm³/mol. The Kier molecular flexibility index (Phi) is 4.20. The lowest BCUT2D eigenvalue weighted by atomic mass is 10.1. The van der Waals surface area contributed by atoms with E-state index in [0.717, 1.165) is 26.9 Å². The summed E-state index contributed by atoms with van der Waals surface area (Å²) in [7, 11) is 0. The highest BCUT2D eigenvalue weighted by atomic mass is 79.9. The molecule has 0 spiro atoms. The fourth-order valence-electron chi connectivity index (χ4n) is 1.68. The van der Waals surface area contributed by atoms with Crippen molar-refractivity contribution in [3.63, 3.8) is 0 Å². The smallest absolute Gasteiger partial charge is 0.355 e. The zero-order valence-electron chi connectivity index (χ0n) is 10.7. The van der Waals surface area contributed by atoms with Gasteiger partial charge in [-0.15, -0.1) is 11.3 Å². The second kappa shape index (κ2) is 5.72. The normalized spacial score (nSPS) is 10.3. The number of hydrogen-bond donors (Lipinski definition) is 2. The minimum absolute atomic E-state index is 0.122. The highest BCUT2D eigenvalue weighted by molar-refractivity contribution is 9.10. The summed E-state index contributed by atoms with van der Waals surface area (Å²) in [6.45, 7) is 3.86. The van der Waals surface area contributed by atoms with E-state index in [9.17, 15) is 9.59 Å². The van der Waals surface area contributed by atoms with Crippen LogP contribution >= 0.6 is 27.3 Å². The van der Waals surface area contributed by atoms with Gasteiger partial charge in [-0.1, -0.05) is 15.9 Å². The Balaban J connectivity index is 2.21. The highest BCUT2D eigenvalue weighted by Crippen LogP contribution is 2.25. The maximum absolute atomic E-state index is 12.0. The van der Waals surface area contributed by atoms with Crippen molar-refractivity contribution in [3.05, 3.63) is 43.8 Å². The zero-order valence-corrected chi connectivity index (χ0v) is 13.1. The monoisotopic (exact) mass is 354 g/mol. The molecule has 0 bridgehead atoms. The molecule has 5 nitrogen and oxygen atoms in total. The fourth-order valence-corrected chi connectivity index (χ4v) is 2.59. The number of nitrogens with zero attached hydrogens (tertiary/aromatic N) is 1. The second-order valence-corrected chi connectivity index (χ2v) is 5.87. The van der Waals surface area contributed by atoms with Crippen LogP contribution < -0.4 is 5.32 Å². The van der Waals surface area contributed by atoms with Crippen LogP contribution in [-0.2, 0) is 0 Å². The van der Waals surface area contributed by atoms with E-state index in [4.69, 9.17) is 5.11 Å². The standard InChI is InChI=1S/C13H11BrN2O3S/c1-6-3-8(4-7(2)10(6)14)15-11(17)12-16-9(5-20-12)13(18)19/h3-5H,1-2H3,(H,15,17)(H,18,19). The molecule has 0 saturated heterocycles. The molecule has 0 unspecified atom stereocenters. The van der Waals surface area contributed by atoms with Gasteiger partial charge >= 0.3 is 5.97 Å². The number of nitrogens with one attached hydrogen (secondary N) is 1. The number of carboxylic acids is 1. The number of benzene rings is 1. The number of aromatic carboxylic acids is 1. The number of carbonyl (C=O) groups is 2. The van der Waals surface area contributed by atoms with Crippen LogP contribution in [0.2, 0.25) is 0 Å². The molecule has 2 rings (SSSR count). The Morgan fingerprint density at radius 2 is 1.90 bits per heavy atom. The van der Waals surface area contributed by atoms with E-state index in [1.807, 2.05) is 26.0 Å². The van der Waals surface area contributed by atoms with Crippen LogP contribution in [0.15, 0.2) is 22.0 Å². The van der Waals surface area contributed by atoms with Gasteiger partial charge in [0, 0.05) is 15.5 Å². The molecule has 0 aliphatic rings. The summed E-state index contributed by atoms with van der Waals surface area (Å²) in [5.41, 5.74) is 2.54. The Hall–Kier alpha value is -1.73. The summed E-state index contributed by atoms with van der Waals surface area (Å²) < 4.78 is 0.998. The Morgan fingerprint density at radius 1 is 1.30 bits per heavy atom. The molecule has 0 radical (unpaired) electrons. The van der Waals surface area contributed by atoms with Gasteiger partial charge in [-0.25, -0.2) is 9.78 Å². The Morgan fingerprint density at radius 3 is 2.40 bits per heavy atom. The van der Waals surface area contributed by atoms with Gasteiger partial charge in [0.2, 0.25) is 0 Å².